The van der Waals surface area contributed by atoms with Gasteiger partial charge >= 0.3 is 0 Å². The Labute approximate surface area is 185 Å². The van der Waals surface area contributed by atoms with Crippen molar-refractivity contribution in [2.75, 3.05) is 17.2 Å². The van der Waals surface area contributed by atoms with E-state index in [1.165, 1.54) is 13.0 Å². The van der Waals surface area contributed by atoms with Gasteiger partial charge in [-0.3, -0.25) is 19.2 Å². The Hall–Kier alpha value is -4.26. The number of nitrogens with one attached hydrogen (secondary N) is 3. The molecule has 0 aliphatic rings. The van der Waals surface area contributed by atoms with Gasteiger partial charge in [-0.1, -0.05) is 42.5 Å². The van der Waals surface area contributed by atoms with Crippen LogP contribution in [0.15, 0.2) is 78.9 Å². The Morgan fingerprint density at radius 2 is 1.41 bits per heavy atom. The topological polar surface area (TPSA) is 104 Å². The first-order valence-electron chi connectivity index (χ1n) is 10.1. The van der Waals surface area contributed by atoms with Crippen molar-refractivity contribution in [2.24, 2.45) is 0 Å². The van der Waals surface area contributed by atoms with Gasteiger partial charge in [-0.15, -0.1) is 0 Å². The van der Waals surface area contributed by atoms with Gasteiger partial charge in [-0.25, -0.2) is 0 Å². The number of amides is 3. The summed E-state index contributed by atoms with van der Waals surface area (Å²) in [5.41, 5.74) is 2.31. The van der Waals surface area contributed by atoms with Crippen LogP contribution in [0.25, 0.3) is 0 Å². The molecule has 0 bridgehead atoms. The molecular weight excluding hydrogens is 406 g/mol. The van der Waals surface area contributed by atoms with Crippen molar-refractivity contribution >= 4 is 34.9 Å². The molecule has 3 rings (SSSR count). The summed E-state index contributed by atoms with van der Waals surface area (Å²) in [5.74, 6) is -2.19. The Bertz CT molecular complexity index is 1130. The minimum Gasteiger partial charge on any atom is -0.352 e. The first-order valence-corrected chi connectivity index (χ1v) is 10.1. The zero-order valence-corrected chi connectivity index (χ0v) is 17.6. The normalized spacial score (nSPS) is 10.2. The highest BCUT2D eigenvalue weighted by Gasteiger charge is 2.20. The maximum atomic E-state index is 12.5. The second-order valence-corrected chi connectivity index (χ2v) is 7.08. The molecule has 0 radical (unpaired) electrons. The number of rotatable bonds is 8. The summed E-state index contributed by atoms with van der Waals surface area (Å²) in [6.45, 7) is 1.82. The quantitative estimate of drug-likeness (QED) is 0.377. The van der Waals surface area contributed by atoms with Crippen LogP contribution in [0.2, 0.25) is 0 Å². The number of hydrogen-bond donors (Lipinski definition) is 3. The minimum atomic E-state index is -0.845. The summed E-state index contributed by atoms with van der Waals surface area (Å²) in [4.78, 5) is 48.5. The molecule has 0 unspecified atom stereocenters. The molecule has 7 heteroatoms. The van der Waals surface area contributed by atoms with E-state index in [0.29, 0.717) is 17.8 Å². The predicted molar refractivity (Wildman–Crippen MR) is 123 cm³/mol. The number of carbonyl (C=O) groups is 4. The maximum absolute atomic E-state index is 12.5. The van der Waals surface area contributed by atoms with E-state index in [0.717, 1.165) is 12.0 Å². The van der Waals surface area contributed by atoms with Crippen LogP contribution in [0.3, 0.4) is 0 Å². The van der Waals surface area contributed by atoms with E-state index in [9.17, 15) is 19.2 Å². The van der Waals surface area contributed by atoms with Crippen LogP contribution < -0.4 is 16.0 Å². The molecule has 0 atom stereocenters. The standard InChI is InChI=1S/C25H23N3O4/c1-17(29)27-22-10-6-5-9-21(22)23(30)25(32)28-20-13-11-19(12-14-20)24(31)26-16-15-18-7-3-2-4-8-18/h2-14H,15-16H2,1H3,(H,26,31)(H,27,29)(H,28,32). The molecule has 3 aromatic rings. The molecule has 0 spiro atoms. The van der Waals surface area contributed by atoms with Crippen LogP contribution in [0.5, 0.6) is 0 Å². The van der Waals surface area contributed by atoms with Gasteiger partial charge in [0, 0.05) is 24.7 Å². The maximum Gasteiger partial charge on any atom is 0.296 e. The van der Waals surface area contributed by atoms with Crippen molar-refractivity contribution < 1.29 is 19.2 Å². The van der Waals surface area contributed by atoms with Crippen molar-refractivity contribution in [1.82, 2.24) is 5.32 Å². The van der Waals surface area contributed by atoms with Crippen LogP contribution in [-0.2, 0) is 16.0 Å². The molecule has 32 heavy (non-hydrogen) atoms. The lowest BCUT2D eigenvalue weighted by atomic mass is 10.1. The van der Waals surface area contributed by atoms with E-state index >= 15 is 0 Å². The Kier molecular flexibility index (Phi) is 7.48. The van der Waals surface area contributed by atoms with Gasteiger partial charge in [-0.2, -0.15) is 0 Å². The van der Waals surface area contributed by atoms with Crippen molar-refractivity contribution in [1.29, 1.82) is 0 Å². The molecule has 3 amide bonds. The van der Waals surface area contributed by atoms with E-state index < -0.39 is 11.7 Å². The SMILES string of the molecule is CC(=O)Nc1ccccc1C(=O)C(=O)Nc1ccc(C(=O)NCCc2ccccc2)cc1. The van der Waals surface area contributed by atoms with Gasteiger partial charge < -0.3 is 16.0 Å². The molecule has 0 aliphatic carbocycles. The van der Waals surface area contributed by atoms with Gasteiger partial charge in [0.05, 0.1) is 11.3 Å². The molecule has 3 aromatic carbocycles. The largest absolute Gasteiger partial charge is 0.352 e. The fraction of sp³-hybridized carbons (Fsp3) is 0.120. The second-order valence-electron chi connectivity index (χ2n) is 7.08. The van der Waals surface area contributed by atoms with Crippen molar-refractivity contribution in [3.63, 3.8) is 0 Å². The zero-order chi connectivity index (χ0) is 22.9. The smallest absolute Gasteiger partial charge is 0.296 e. The number of para-hydroxylation sites is 1. The number of carbonyl (C=O) groups excluding carboxylic acids is 4. The predicted octanol–water partition coefficient (Wildman–Crippen LogP) is 3.44. The van der Waals surface area contributed by atoms with Crippen LogP contribution in [0.4, 0.5) is 11.4 Å². The van der Waals surface area contributed by atoms with Crippen molar-refractivity contribution in [3.8, 4) is 0 Å². The molecule has 0 saturated carbocycles. The van der Waals surface area contributed by atoms with E-state index in [-0.39, 0.29) is 23.1 Å². The number of ketones is 1. The van der Waals surface area contributed by atoms with Crippen molar-refractivity contribution in [2.45, 2.75) is 13.3 Å². The van der Waals surface area contributed by atoms with E-state index in [2.05, 4.69) is 16.0 Å². The molecule has 162 valence electrons. The highest BCUT2D eigenvalue weighted by Crippen LogP contribution is 2.17. The first-order chi connectivity index (χ1) is 15.4. The van der Waals surface area contributed by atoms with Crippen LogP contribution in [0.1, 0.15) is 33.2 Å². The van der Waals surface area contributed by atoms with Gasteiger partial charge in [-0.05, 0) is 48.4 Å². The number of Topliss-reactive ketones (excluding diaryl/α,β-unsaturated/α-hetero) is 1. The summed E-state index contributed by atoms with van der Waals surface area (Å²) >= 11 is 0. The third kappa shape index (κ3) is 6.12. The fourth-order valence-electron chi connectivity index (χ4n) is 3.06. The average molecular weight is 429 g/mol. The van der Waals surface area contributed by atoms with E-state index in [1.807, 2.05) is 30.3 Å². The van der Waals surface area contributed by atoms with E-state index in [4.69, 9.17) is 0 Å². The average Bonchev–Trinajstić information content (AvgIpc) is 2.79. The molecule has 0 saturated heterocycles. The number of anilines is 2. The third-order valence-electron chi connectivity index (χ3n) is 4.64. The number of benzene rings is 3. The molecule has 0 fully saturated rings. The summed E-state index contributed by atoms with van der Waals surface area (Å²) in [6, 6.07) is 22.4. The molecule has 7 nitrogen and oxygen atoms in total. The molecule has 0 aliphatic heterocycles. The number of hydrogen-bond acceptors (Lipinski definition) is 4. The molecule has 0 aromatic heterocycles. The lowest BCUT2D eigenvalue weighted by Crippen LogP contribution is -2.26. The van der Waals surface area contributed by atoms with Crippen LogP contribution in [-0.4, -0.2) is 30.0 Å². The highest BCUT2D eigenvalue weighted by molar-refractivity contribution is 6.47. The lowest BCUT2D eigenvalue weighted by Gasteiger charge is -2.10. The second kappa shape index (κ2) is 10.7. The Balaban J connectivity index is 1.57. The fourth-order valence-corrected chi connectivity index (χ4v) is 3.06. The molecule has 0 heterocycles. The minimum absolute atomic E-state index is 0.0922. The Morgan fingerprint density at radius 3 is 2.09 bits per heavy atom. The van der Waals surface area contributed by atoms with Gasteiger partial charge in [0.2, 0.25) is 5.91 Å². The van der Waals surface area contributed by atoms with Gasteiger partial charge in [0.25, 0.3) is 17.6 Å². The highest BCUT2D eigenvalue weighted by atomic mass is 16.2. The summed E-state index contributed by atoms with van der Waals surface area (Å²) in [6.07, 6.45) is 0.725. The summed E-state index contributed by atoms with van der Waals surface area (Å²) in [7, 11) is 0. The Morgan fingerprint density at radius 1 is 0.750 bits per heavy atom. The zero-order valence-electron chi connectivity index (χ0n) is 17.6. The lowest BCUT2D eigenvalue weighted by molar-refractivity contribution is -0.114. The summed E-state index contributed by atoms with van der Waals surface area (Å²) < 4.78 is 0. The third-order valence-corrected chi connectivity index (χ3v) is 4.64. The van der Waals surface area contributed by atoms with E-state index in [1.54, 1.807) is 42.5 Å². The monoisotopic (exact) mass is 429 g/mol. The molecule has 3 N–H and O–H groups in total. The van der Waals surface area contributed by atoms with Crippen molar-refractivity contribution in [3.05, 3.63) is 95.6 Å². The van der Waals surface area contributed by atoms with Crippen LogP contribution >= 0.6 is 0 Å². The van der Waals surface area contributed by atoms with Gasteiger partial charge in [0.15, 0.2) is 0 Å². The van der Waals surface area contributed by atoms with Gasteiger partial charge in [0.1, 0.15) is 0 Å². The van der Waals surface area contributed by atoms with Crippen LogP contribution in [0, 0.1) is 0 Å². The first kappa shape index (κ1) is 22.4. The summed E-state index contributed by atoms with van der Waals surface area (Å²) in [5, 5.41) is 7.91. The molecular formula is C25H23N3O4.